The third kappa shape index (κ3) is 3.26. The molecule has 0 aliphatic heterocycles. The summed E-state index contributed by atoms with van der Waals surface area (Å²) in [7, 11) is -3.41. The molecule has 1 aromatic rings. The van der Waals surface area contributed by atoms with Gasteiger partial charge in [0, 0.05) is 4.90 Å². The minimum Gasteiger partial charge on any atom is -0.223 e. The molecule has 0 saturated carbocycles. The summed E-state index contributed by atoms with van der Waals surface area (Å²) < 4.78 is 22.9. The number of hydrogen-bond donors (Lipinski definition) is 0. The lowest BCUT2D eigenvalue weighted by Gasteiger charge is -2.01. The number of thioether (sulfide) groups is 1. The Bertz CT molecular complexity index is 457. The second kappa shape index (κ2) is 5.19. The van der Waals surface area contributed by atoms with Gasteiger partial charge in [-0.1, -0.05) is 6.92 Å². The van der Waals surface area contributed by atoms with E-state index < -0.39 is 15.6 Å². The maximum Gasteiger partial charge on any atom is 0.191 e. The Kier molecular flexibility index (Phi) is 4.18. The summed E-state index contributed by atoms with van der Waals surface area (Å²) in [6.07, 6.45) is 0. The van der Waals surface area contributed by atoms with Crippen LogP contribution < -0.4 is 0 Å². The van der Waals surface area contributed by atoms with E-state index in [9.17, 15) is 8.42 Å². The third-order valence-electron chi connectivity index (χ3n) is 1.75. The molecule has 0 bridgehead atoms. The van der Waals surface area contributed by atoms with E-state index in [4.69, 9.17) is 5.26 Å². The SMILES string of the molecule is CCSc1ccc(S(=O)(=O)CC#N)cc1. The van der Waals surface area contributed by atoms with Crippen LogP contribution in [-0.4, -0.2) is 19.9 Å². The van der Waals surface area contributed by atoms with Gasteiger partial charge in [-0.15, -0.1) is 11.8 Å². The van der Waals surface area contributed by atoms with Crippen LogP contribution in [-0.2, 0) is 9.84 Å². The first-order valence-corrected chi connectivity index (χ1v) is 7.06. The van der Waals surface area contributed by atoms with Crippen LogP contribution in [0.2, 0.25) is 0 Å². The van der Waals surface area contributed by atoms with Gasteiger partial charge in [0.15, 0.2) is 9.84 Å². The number of nitriles is 1. The molecule has 3 nitrogen and oxygen atoms in total. The molecule has 0 aromatic heterocycles. The Labute approximate surface area is 94.0 Å². The van der Waals surface area contributed by atoms with E-state index in [0.717, 1.165) is 10.6 Å². The highest BCUT2D eigenvalue weighted by atomic mass is 32.2. The Morgan fingerprint density at radius 1 is 1.33 bits per heavy atom. The zero-order valence-electron chi connectivity index (χ0n) is 8.30. The molecule has 0 amide bonds. The molecule has 1 aromatic carbocycles. The fourth-order valence-electron chi connectivity index (χ4n) is 1.08. The summed E-state index contributed by atoms with van der Waals surface area (Å²) in [6, 6.07) is 8.27. The molecular weight excluding hydrogens is 230 g/mol. The summed E-state index contributed by atoms with van der Waals surface area (Å²) in [6.45, 7) is 2.03. The lowest BCUT2D eigenvalue weighted by Crippen LogP contribution is -2.04. The largest absolute Gasteiger partial charge is 0.223 e. The molecule has 0 N–H and O–H groups in total. The topological polar surface area (TPSA) is 57.9 Å². The van der Waals surface area contributed by atoms with Crippen LogP contribution in [0.5, 0.6) is 0 Å². The lowest BCUT2D eigenvalue weighted by molar-refractivity contribution is 0.599. The predicted octanol–water partition coefficient (Wildman–Crippen LogP) is 2.10. The van der Waals surface area contributed by atoms with Gasteiger partial charge in [-0.3, -0.25) is 0 Å². The minimum absolute atomic E-state index is 0.213. The van der Waals surface area contributed by atoms with E-state index in [0.29, 0.717) is 0 Å². The highest BCUT2D eigenvalue weighted by Gasteiger charge is 2.12. The Hall–Kier alpha value is -0.990. The molecule has 0 unspecified atom stereocenters. The molecule has 15 heavy (non-hydrogen) atoms. The van der Waals surface area contributed by atoms with Crippen molar-refractivity contribution in [3.63, 3.8) is 0 Å². The highest BCUT2D eigenvalue weighted by molar-refractivity contribution is 7.99. The zero-order chi connectivity index (χ0) is 11.3. The Balaban J connectivity index is 2.95. The highest BCUT2D eigenvalue weighted by Crippen LogP contribution is 2.20. The van der Waals surface area contributed by atoms with Crippen molar-refractivity contribution in [2.24, 2.45) is 0 Å². The van der Waals surface area contributed by atoms with Crippen molar-refractivity contribution < 1.29 is 8.42 Å². The Morgan fingerprint density at radius 3 is 2.40 bits per heavy atom. The number of hydrogen-bond acceptors (Lipinski definition) is 4. The maximum atomic E-state index is 11.5. The number of nitrogens with zero attached hydrogens (tertiary/aromatic N) is 1. The molecule has 1 rings (SSSR count). The average Bonchev–Trinajstić information content (AvgIpc) is 2.19. The van der Waals surface area contributed by atoms with Gasteiger partial charge in [-0.2, -0.15) is 5.26 Å². The van der Waals surface area contributed by atoms with Crippen LogP contribution in [0.1, 0.15) is 6.92 Å². The molecule has 0 fully saturated rings. The first kappa shape index (κ1) is 12.1. The summed E-state index contributed by atoms with van der Waals surface area (Å²) in [5.74, 6) is 0.484. The van der Waals surface area contributed by atoms with Gasteiger partial charge in [0.2, 0.25) is 0 Å². The van der Waals surface area contributed by atoms with E-state index in [1.807, 2.05) is 6.92 Å². The fraction of sp³-hybridized carbons (Fsp3) is 0.300. The second-order valence-corrected chi connectivity index (χ2v) is 6.15. The van der Waals surface area contributed by atoms with E-state index in [-0.39, 0.29) is 4.90 Å². The molecular formula is C10H11NO2S2. The summed E-state index contributed by atoms with van der Waals surface area (Å²) >= 11 is 1.65. The van der Waals surface area contributed by atoms with Crippen LogP contribution in [0.3, 0.4) is 0 Å². The lowest BCUT2D eigenvalue weighted by atomic mass is 10.4. The van der Waals surface area contributed by atoms with Crippen molar-refractivity contribution in [3.8, 4) is 6.07 Å². The van der Waals surface area contributed by atoms with E-state index in [1.54, 1.807) is 42.1 Å². The Morgan fingerprint density at radius 2 is 1.93 bits per heavy atom. The summed E-state index contributed by atoms with van der Waals surface area (Å²) in [4.78, 5) is 1.25. The predicted molar refractivity (Wildman–Crippen MR) is 60.5 cm³/mol. The van der Waals surface area contributed by atoms with Crippen molar-refractivity contribution in [3.05, 3.63) is 24.3 Å². The fourth-order valence-corrected chi connectivity index (χ4v) is 2.63. The van der Waals surface area contributed by atoms with Gasteiger partial charge in [0.1, 0.15) is 5.75 Å². The number of benzene rings is 1. The van der Waals surface area contributed by atoms with Crippen molar-refractivity contribution in [2.75, 3.05) is 11.5 Å². The van der Waals surface area contributed by atoms with Gasteiger partial charge >= 0.3 is 0 Å². The molecule has 0 heterocycles. The zero-order valence-corrected chi connectivity index (χ0v) is 9.94. The van der Waals surface area contributed by atoms with Crippen LogP contribution >= 0.6 is 11.8 Å². The monoisotopic (exact) mass is 241 g/mol. The van der Waals surface area contributed by atoms with Crippen LogP contribution in [0.25, 0.3) is 0 Å². The average molecular weight is 241 g/mol. The summed E-state index contributed by atoms with van der Waals surface area (Å²) in [5.41, 5.74) is 0. The molecule has 0 aliphatic carbocycles. The van der Waals surface area contributed by atoms with Crippen molar-refractivity contribution in [1.29, 1.82) is 5.26 Å². The molecule has 0 radical (unpaired) electrons. The van der Waals surface area contributed by atoms with Crippen LogP contribution in [0, 0.1) is 11.3 Å². The molecule has 5 heteroatoms. The van der Waals surface area contributed by atoms with E-state index in [1.165, 1.54) is 0 Å². The van der Waals surface area contributed by atoms with Gasteiger partial charge < -0.3 is 0 Å². The van der Waals surface area contributed by atoms with E-state index in [2.05, 4.69) is 0 Å². The van der Waals surface area contributed by atoms with Crippen molar-refractivity contribution in [1.82, 2.24) is 0 Å². The molecule has 0 saturated heterocycles. The smallest absolute Gasteiger partial charge is 0.191 e. The second-order valence-electron chi connectivity index (χ2n) is 2.82. The number of rotatable bonds is 4. The molecule has 0 atom stereocenters. The first-order valence-electron chi connectivity index (χ1n) is 4.42. The maximum absolute atomic E-state index is 11.5. The minimum atomic E-state index is -3.41. The normalized spacial score (nSPS) is 10.9. The van der Waals surface area contributed by atoms with Gasteiger partial charge in [-0.05, 0) is 30.0 Å². The molecule has 0 aliphatic rings. The van der Waals surface area contributed by atoms with Crippen molar-refractivity contribution >= 4 is 21.6 Å². The quantitative estimate of drug-likeness (QED) is 0.757. The van der Waals surface area contributed by atoms with Crippen LogP contribution in [0.4, 0.5) is 0 Å². The van der Waals surface area contributed by atoms with E-state index >= 15 is 0 Å². The standard InChI is InChI=1S/C10H11NO2S2/c1-2-14-9-3-5-10(6-4-9)15(12,13)8-7-11/h3-6H,2,8H2,1H3. The van der Waals surface area contributed by atoms with Gasteiger partial charge in [-0.25, -0.2) is 8.42 Å². The van der Waals surface area contributed by atoms with Gasteiger partial charge in [0.25, 0.3) is 0 Å². The first-order chi connectivity index (χ1) is 7.10. The van der Waals surface area contributed by atoms with Crippen molar-refractivity contribution in [2.45, 2.75) is 16.7 Å². The molecule has 80 valence electrons. The third-order valence-corrected chi connectivity index (χ3v) is 4.14. The summed E-state index contributed by atoms with van der Waals surface area (Å²) in [5, 5.41) is 8.37. The van der Waals surface area contributed by atoms with Crippen LogP contribution in [0.15, 0.2) is 34.1 Å². The molecule has 0 spiro atoms. The number of sulfone groups is 1. The van der Waals surface area contributed by atoms with Gasteiger partial charge in [0.05, 0.1) is 11.0 Å².